The summed E-state index contributed by atoms with van der Waals surface area (Å²) in [5.41, 5.74) is 12.5. The zero-order valence-electron chi connectivity index (χ0n) is 19.4. The van der Waals surface area contributed by atoms with Crippen LogP contribution in [0, 0.1) is 0 Å². The first kappa shape index (κ1) is 21.0. The molecule has 162 valence electrons. The van der Waals surface area contributed by atoms with E-state index in [9.17, 15) is 0 Å². The normalized spacial score (nSPS) is 15.7. The van der Waals surface area contributed by atoms with Gasteiger partial charge < -0.3 is 0 Å². The van der Waals surface area contributed by atoms with Crippen molar-refractivity contribution < 1.29 is 0 Å². The first-order chi connectivity index (χ1) is 15.7. The number of allylic oxidation sites excluding steroid dienone is 2. The fourth-order valence-corrected chi connectivity index (χ4v) is 5.53. The molecule has 0 spiro atoms. The maximum absolute atomic E-state index is 4.25. The van der Waals surface area contributed by atoms with Crippen molar-refractivity contribution in [3.05, 3.63) is 107 Å². The molecule has 2 aliphatic rings. The lowest BCUT2D eigenvalue weighted by molar-refractivity contribution is 0.443. The van der Waals surface area contributed by atoms with E-state index in [4.69, 9.17) is 0 Å². The highest BCUT2D eigenvalue weighted by Gasteiger charge is 2.19. The van der Waals surface area contributed by atoms with Crippen LogP contribution in [0.25, 0.3) is 22.8 Å². The van der Waals surface area contributed by atoms with Gasteiger partial charge in [0, 0.05) is 0 Å². The molecule has 1 fully saturated rings. The fraction of sp³-hybridized carbons (Fsp3) is 0.312. The van der Waals surface area contributed by atoms with E-state index in [1.54, 1.807) is 5.56 Å². The van der Waals surface area contributed by atoms with Gasteiger partial charge in [-0.05, 0) is 88.1 Å². The van der Waals surface area contributed by atoms with Crippen LogP contribution in [0.1, 0.15) is 84.7 Å². The zero-order chi connectivity index (χ0) is 21.9. The standard InChI is InChI=1S/C32H34/c1-3-23(2)28-15-7-10-24(19-28)18-25-20-29(26-11-5-4-6-12-26)22-30(21-25)32-17-9-14-27-13-8-16-31(27)32/h7-10,14-17,19-22,26H,2-6,11-13,18H2,1H3. The van der Waals surface area contributed by atoms with Crippen molar-refractivity contribution in [2.45, 2.75) is 64.2 Å². The molecule has 2 aliphatic carbocycles. The molecule has 0 aromatic heterocycles. The smallest absolute Gasteiger partial charge is 0.00252 e. The summed E-state index contributed by atoms with van der Waals surface area (Å²) in [4.78, 5) is 0. The summed E-state index contributed by atoms with van der Waals surface area (Å²) in [5.74, 6) is 0.709. The molecule has 0 amide bonds. The molecule has 0 heteroatoms. The maximum Gasteiger partial charge on any atom is -0.00252 e. The maximum atomic E-state index is 4.25. The minimum Gasteiger partial charge on any atom is -0.0952 e. The van der Waals surface area contributed by atoms with Crippen LogP contribution in [0.2, 0.25) is 0 Å². The monoisotopic (exact) mass is 418 g/mol. The number of hydrogen-bond acceptors (Lipinski definition) is 0. The Hall–Kier alpha value is -2.86. The van der Waals surface area contributed by atoms with Crippen LogP contribution < -0.4 is 0 Å². The van der Waals surface area contributed by atoms with E-state index >= 15 is 0 Å². The van der Waals surface area contributed by atoms with Crippen LogP contribution in [0.15, 0.2) is 73.3 Å². The van der Waals surface area contributed by atoms with E-state index in [1.165, 1.54) is 76.6 Å². The molecule has 0 N–H and O–H groups in total. The Morgan fingerprint density at radius 1 is 0.906 bits per heavy atom. The van der Waals surface area contributed by atoms with Crippen LogP contribution in [0.3, 0.4) is 0 Å². The second-order valence-corrected chi connectivity index (χ2v) is 9.62. The van der Waals surface area contributed by atoms with Crippen LogP contribution in [-0.2, 0) is 12.8 Å². The largest absolute Gasteiger partial charge is 0.0952 e. The van der Waals surface area contributed by atoms with Gasteiger partial charge in [0.25, 0.3) is 0 Å². The Morgan fingerprint density at radius 2 is 1.75 bits per heavy atom. The molecule has 0 unspecified atom stereocenters. The Balaban J connectivity index is 1.55. The lowest BCUT2D eigenvalue weighted by atomic mass is 9.81. The van der Waals surface area contributed by atoms with Gasteiger partial charge in [0.15, 0.2) is 0 Å². The van der Waals surface area contributed by atoms with Crippen LogP contribution in [-0.4, -0.2) is 0 Å². The van der Waals surface area contributed by atoms with E-state index < -0.39 is 0 Å². The predicted molar refractivity (Wildman–Crippen MR) is 139 cm³/mol. The van der Waals surface area contributed by atoms with Gasteiger partial charge in [-0.1, -0.05) is 106 Å². The summed E-state index contributed by atoms with van der Waals surface area (Å²) in [6.07, 6.45) is 14.5. The molecule has 3 aromatic carbocycles. The molecule has 1 saturated carbocycles. The number of fused-ring (bicyclic) bond motifs is 1. The zero-order valence-corrected chi connectivity index (χ0v) is 19.4. The number of rotatable bonds is 6. The Bertz CT molecular complexity index is 1150. The van der Waals surface area contributed by atoms with Crippen LogP contribution in [0.4, 0.5) is 0 Å². The minimum absolute atomic E-state index is 0.709. The second-order valence-electron chi connectivity index (χ2n) is 9.62. The molecule has 3 aromatic rings. The molecule has 5 rings (SSSR count). The van der Waals surface area contributed by atoms with Crippen molar-refractivity contribution in [1.29, 1.82) is 0 Å². The van der Waals surface area contributed by atoms with Gasteiger partial charge in [0.1, 0.15) is 0 Å². The highest BCUT2D eigenvalue weighted by atomic mass is 14.2. The Labute approximate surface area is 193 Å². The van der Waals surface area contributed by atoms with E-state index in [0.717, 1.165) is 19.3 Å². The predicted octanol–water partition coefficient (Wildman–Crippen LogP) is 8.98. The van der Waals surface area contributed by atoms with E-state index in [-0.39, 0.29) is 0 Å². The summed E-state index contributed by atoms with van der Waals surface area (Å²) in [6, 6.07) is 23.2. The van der Waals surface area contributed by atoms with Gasteiger partial charge in [-0.15, -0.1) is 0 Å². The highest BCUT2D eigenvalue weighted by Crippen LogP contribution is 2.38. The first-order valence-electron chi connectivity index (χ1n) is 12.4. The van der Waals surface area contributed by atoms with Crippen molar-refractivity contribution in [3.63, 3.8) is 0 Å². The molecule has 0 bridgehead atoms. The van der Waals surface area contributed by atoms with Crippen LogP contribution >= 0.6 is 0 Å². The Kier molecular flexibility index (Phi) is 6.12. The average molecular weight is 419 g/mol. The lowest BCUT2D eigenvalue weighted by Crippen LogP contribution is -2.06. The fourth-order valence-electron chi connectivity index (χ4n) is 5.53. The molecular formula is C32H34. The summed E-state index contributed by atoms with van der Waals surface area (Å²) in [7, 11) is 0. The third kappa shape index (κ3) is 4.37. The van der Waals surface area contributed by atoms with E-state index in [0.29, 0.717) is 5.92 Å². The van der Waals surface area contributed by atoms with Gasteiger partial charge in [0.2, 0.25) is 0 Å². The average Bonchev–Trinajstić information content (AvgIpc) is 3.33. The van der Waals surface area contributed by atoms with Gasteiger partial charge in [-0.3, -0.25) is 0 Å². The van der Waals surface area contributed by atoms with Crippen molar-refractivity contribution in [2.24, 2.45) is 0 Å². The first-order valence-corrected chi connectivity index (χ1v) is 12.4. The lowest BCUT2D eigenvalue weighted by Gasteiger charge is -2.24. The number of hydrogen-bond donors (Lipinski definition) is 0. The second kappa shape index (κ2) is 9.33. The van der Waals surface area contributed by atoms with Crippen molar-refractivity contribution in [1.82, 2.24) is 0 Å². The Morgan fingerprint density at radius 3 is 2.59 bits per heavy atom. The third-order valence-corrected chi connectivity index (χ3v) is 7.39. The van der Waals surface area contributed by atoms with Gasteiger partial charge >= 0.3 is 0 Å². The molecule has 32 heavy (non-hydrogen) atoms. The summed E-state index contributed by atoms with van der Waals surface area (Å²) in [6.45, 7) is 6.43. The van der Waals surface area contributed by atoms with Gasteiger partial charge in [-0.2, -0.15) is 0 Å². The van der Waals surface area contributed by atoms with E-state index in [2.05, 4.69) is 86.3 Å². The molecule has 0 atom stereocenters. The third-order valence-electron chi connectivity index (χ3n) is 7.39. The van der Waals surface area contributed by atoms with Gasteiger partial charge in [-0.25, -0.2) is 0 Å². The number of benzene rings is 3. The summed E-state index contributed by atoms with van der Waals surface area (Å²) < 4.78 is 0. The quantitative estimate of drug-likeness (QED) is 0.374. The topological polar surface area (TPSA) is 0 Å². The van der Waals surface area contributed by atoms with Gasteiger partial charge in [0.05, 0.1) is 0 Å². The van der Waals surface area contributed by atoms with E-state index in [1.807, 2.05) is 0 Å². The molecule has 0 aliphatic heterocycles. The minimum atomic E-state index is 0.709. The van der Waals surface area contributed by atoms with Crippen molar-refractivity contribution >= 4 is 11.6 Å². The molecule has 0 heterocycles. The van der Waals surface area contributed by atoms with Crippen molar-refractivity contribution in [2.75, 3.05) is 0 Å². The van der Waals surface area contributed by atoms with Crippen LogP contribution in [0.5, 0.6) is 0 Å². The SMILES string of the molecule is C=C(CC)c1cccc(Cc2cc(-c3cccc4c3C=CC4)cc(C3CCCCC3)c2)c1. The summed E-state index contributed by atoms with van der Waals surface area (Å²) in [5, 5.41) is 0. The molecule has 0 nitrogen and oxygen atoms in total. The van der Waals surface area contributed by atoms with Crippen molar-refractivity contribution in [3.8, 4) is 11.1 Å². The molecular weight excluding hydrogens is 384 g/mol. The molecule has 0 saturated heterocycles. The molecule has 0 radical (unpaired) electrons. The highest BCUT2D eigenvalue weighted by molar-refractivity contribution is 5.80. The summed E-state index contributed by atoms with van der Waals surface area (Å²) >= 11 is 0.